The van der Waals surface area contributed by atoms with Crippen LogP contribution in [0.15, 0.2) is 12.4 Å². The molecule has 2 heterocycles. The van der Waals surface area contributed by atoms with E-state index in [9.17, 15) is 9.59 Å². The van der Waals surface area contributed by atoms with Crippen LogP contribution in [0.1, 0.15) is 19.2 Å². The summed E-state index contributed by atoms with van der Waals surface area (Å²) >= 11 is 1.29. The highest BCUT2D eigenvalue weighted by atomic mass is 32.2. The predicted molar refractivity (Wildman–Crippen MR) is 65.6 cm³/mol. The Morgan fingerprint density at radius 3 is 3.18 bits per heavy atom. The molecule has 92 valence electrons. The summed E-state index contributed by atoms with van der Waals surface area (Å²) in [4.78, 5) is 27.3. The number of amides is 1. The van der Waals surface area contributed by atoms with E-state index in [-0.39, 0.29) is 23.6 Å². The van der Waals surface area contributed by atoms with Gasteiger partial charge in [0.2, 0.25) is 11.0 Å². The summed E-state index contributed by atoms with van der Waals surface area (Å²) in [5.41, 5.74) is 0. The second kappa shape index (κ2) is 5.35. The Labute approximate surface area is 104 Å². The number of imidazole rings is 1. The minimum absolute atomic E-state index is 0.0692. The van der Waals surface area contributed by atoms with Crippen molar-refractivity contribution in [2.24, 2.45) is 0 Å². The summed E-state index contributed by atoms with van der Waals surface area (Å²) < 4.78 is 1.81. The minimum atomic E-state index is -0.305. The quantitative estimate of drug-likeness (QED) is 0.853. The van der Waals surface area contributed by atoms with Crippen LogP contribution in [-0.2, 0) is 22.6 Å². The van der Waals surface area contributed by atoms with Gasteiger partial charge in [-0.1, -0.05) is 18.7 Å². The summed E-state index contributed by atoms with van der Waals surface area (Å²) in [6.07, 6.45) is 4.99. The van der Waals surface area contributed by atoms with E-state index in [1.54, 1.807) is 12.4 Å². The number of rotatable bonds is 4. The molecular formula is C11H15N3O2S. The molecule has 0 bridgehead atoms. The van der Waals surface area contributed by atoms with Crippen LogP contribution in [0.25, 0.3) is 0 Å². The lowest BCUT2D eigenvalue weighted by Crippen LogP contribution is -2.39. The van der Waals surface area contributed by atoms with Gasteiger partial charge in [0, 0.05) is 24.6 Å². The number of nitrogens with one attached hydrogen (secondary N) is 1. The number of nitrogens with zero attached hydrogens (tertiary/aromatic N) is 2. The lowest BCUT2D eigenvalue weighted by atomic mass is 10.2. The number of hydrogen-bond acceptors (Lipinski definition) is 4. The molecule has 17 heavy (non-hydrogen) atoms. The molecule has 1 atom stereocenters. The fourth-order valence-electron chi connectivity index (χ4n) is 1.82. The van der Waals surface area contributed by atoms with E-state index in [2.05, 4.69) is 10.3 Å². The van der Waals surface area contributed by atoms with Crippen LogP contribution in [0, 0.1) is 0 Å². The Balaban J connectivity index is 1.91. The number of aromatic nitrogens is 2. The average molecular weight is 253 g/mol. The summed E-state index contributed by atoms with van der Waals surface area (Å²) in [6.45, 7) is 2.23. The molecule has 5 nitrogen and oxygen atoms in total. The highest BCUT2D eigenvalue weighted by Gasteiger charge is 2.26. The van der Waals surface area contributed by atoms with Crippen molar-refractivity contribution < 1.29 is 9.59 Å². The maximum absolute atomic E-state index is 11.8. The van der Waals surface area contributed by atoms with Crippen molar-refractivity contribution in [1.82, 2.24) is 14.9 Å². The van der Waals surface area contributed by atoms with Crippen molar-refractivity contribution in [1.29, 1.82) is 0 Å². The van der Waals surface area contributed by atoms with Crippen LogP contribution >= 0.6 is 11.8 Å². The van der Waals surface area contributed by atoms with Crippen molar-refractivity contribution in [3.05, 3.63) is 18.2 Å². The molecule has 6 heteroatoms. The molecule has 1 aliphatic rings. The smallest absolute Gasteiger partial charge is 0.240 e. The molecule has 1 fully saturated rings. The molecule has 1 saturated heterocycles. The zero-order chi connectivity index (χ0) is 12.3. The van der Waals surface area contributed by atoms with E-state index in [0.717, 1.165) is 24.4 Å². The van der Waals surface area contributed by atoms with Crippen LogP contribution in [0.3, 0.4) is 0 Å². The first-order valence-corrected chi connectivity index (χ1v) is 6.65. The summed E-state index contributed by atoms with van der Waals surface area (Å²) in [7, 11) is 0. The summed E-state index contributed by atoms with van der Waals surface area (Å²) in [5.74, 6) is 1.56. The zero-order valence-electron chi connectivity index (χ0n) is 9.68. The van der Waals surface area contributed by atoms with Crippen molar-refractivity contribution in [3.8, 4) is 0 Å². The number of thioether (sulfide) groups is 1. The highest BCUT2D eigenvalue weighted by Crippen LogP contribution is 2.19. The van der Waals surface area contributed by atoms with Crippen LogP contribution in [0.2, 0.25) is 0 Å². The van der Waals surface area contributed by atoms with Gasteiger partial charge in [-0.3, -0.25) is 9.59 Å². The monoisotopic (exact) mass is 253 g/mol. The Kier molecular flexibility index (Phi) is 3.83. The SMILES string of the molecule is CCc1nccn1CC(=O)NC1CCSC1=O. The van der Waals surface area contributed by atoms with Gasteiger partial charge in [-0.25, -0.2) is 4.98 Å². The van der Waals surface area contributed by atoms with Gasteiger partial charge in [-0.2, -0.15) is 0 Å². The van der Waals surface area contributed by atoms with Crippen LogP contribution in [0.4, 0.5) is 0 Å². The van der Waals surface area contributed by atoms with Gasteiger partial charge in [-0.15, -0.1) is 0 Å². The topological polar surface area (TPSA) is 64.0 Å². The Hall–Kier alpha value is -1.30. The first kappa shape index (κ1) is 12.2. The molecule has 1 amide bonds. The number of carbonyl (C=O) groups is 2. The molecule has 1 unspecified atom stereocenters. The third-order valence-corrected chi connectivity index (χ3v) is 3.71. The molecule has 1 aliphatic heterocycles. The largest absolute Gasteiger partial charge is 0.344 e. The van der Waals surface area contributed by atoms with E-state index in [1.165, 1.54) is 11.8 Å². The maximum Gasteiger partial charge on any atom is 0.240 e. The fourth-order valence-corrected chi connectivity index (χ4v) is 2.75. The van der Waals surface area contributed by atoms with E-state index in [1.807, 2.05) is 11.5 Å². The molecule has 1 aromatic rings. The van der Waals surface area contributed by atoms with Gasteiger partial charge in [-0.05, 0) is 6.42 Å². The third-order valence-electron chi connectivity index (χ3n) is 2.70. The predicted octanol–water partition coefficient (Wildman–Crippen LogP) is 0.594. The van der Waals surface area contributed by atoms with E-state index < -0.39 is 0 Å². The standard InChI is InChI=1S/C11H15N3O2S/c1-2-9-12-4-5-14(9)7-10(15)13-8-3-6-17-11(8)16/h4-5,8H,2-3,6-7H2,1H3,(H,13,15). The zero-order valence-corrected chi connectivity index (χ0v) is 10.5. The van der Waals surface area contributed by atoms with Gasteiger partial charge in [0.1, 0.15) is 12.4 Å². The molecular weight excluding hydrogens is 238 g/mol. The molecule has 1 N–H and O–H groups in total. The number of hydrogen-bond donors (Lipinski definition) is 1. The summed E-state index contributed by atoms with van der Waals surface area (Å²) in [6, 6.07) is -0.305. The average Bonchev–Trinajstić information content (AvgIpc) is 2.89. The van der Waals surface area contributed by atoms with E-state index >= 15 is 0 Å². The van der Waals surface area contributed by atoms with Crippen molar-refractivity contribution in [3.63, 3.8) is 0 Å². The molecule has 0 aromatic carbocycles. The van der Waals surface area contributed by atoms with Crippen LogP contribution < -0.4 is 5.32 Å². The Bertz CT molecular complexity index is 430. The molecule has 0 spiro atoms. The second-order valence-corrected chi connectivity index (χ2v) is 5.00. The number of aryl methyl sites for hydroxylation is 1. The maximum atomic E-state index is 11.8. The van der Waals surface area contributed by atoms with Gasteiger partial charge in [0.05, 0.1) is 6.04 Å². The molecule has 1 aromatic heterocycles. The molecule has 2 rings (SSSR count). The van der Waals surface area contributed by atoms with Gasteiger partial charge >= 0.3 is 0 Å². The third kappa shape index (κ3) is 2.88. The molecule has 0 radical (unpaired) electrons. The van der Waals surface area contributed by atoms with Gasteiger partial charge < -0.3 is 9.88 Å². The van der Waals surface area contributed by atoms with Crippen molar-refractivity contribution in [2.45, 2.75) is 32.4 Å². The van der Waals surface area contributed by atoms with Gasteiger partial charge in [0.15, 0.2) is 0 Å². The first-order valence-electron chi connectivity index (χ1n) is 5.66. The molecule has 0 aliphatic carbocycles. The van der Waals surface area contributed by atoms with Crippen LogP contribution in [-0.4, -0.2) is 32.4 Å². The van der Waals surface area contributed by atoms with Crippen molar-refractivity contribution in [2.75, 3.05) is 5.75 Å². The summed E-state index contributed by atoms with van der Waals surface area (Å²) in [5, 5.41) is 2.83. The first-order chi connectivity index (χ1) is 8.20. The Morgan fingerprint density at radius 1 is 1.71 bits per heavy atom. The highest BCUT2D eigenvalue weighted by molar-refractivity contribution is 8.14. The van der Waals surface area contributed by atoms with Crippen molar-refractivity contribution >= 4 is 22.8 Å². The minimum Gasteiger partial charge on any atom is -0.344 e. The van der Waals surface area contributed by atoms with E-state index in [0.29, 0.717) is 0 Å². The second-order valence-electron chi connectivity index (χ2n) is 3.90. The molecule has 0 saturated carbocycles. The van der Waals surface area contributed by atoms with Gasteiger partial charge in [0.25, 0.3) is 0 Å². The normalized spacial score (nSPS) is 19.6. The lowest BCUT2D eigenvalue weighted by Gasteiger charge is -2.11. The Morgan fingerprint density at radius 2 is 2.53 bits per heavy atom. The fraction of sp³-hybridized carbons (Fsp3) is 0.545. The van der Waals surface area contributed by atoms with Crippen LogP contribution in [0.5, 0.6) is 0 Å². The van der Waals surface area contributed by atoms with E-state index in [4.69, 9.17) is 0 Å². The number of carbonyl (C=O) groups excluding carboxylic acids is 2. The lowest BCUT2D eigenvalue weighted by molar-refractivity contribution is -0.125.